The molecule has 1 aliphatic rings. The molecule has 1 nitrogen and oxygen atoms in total. The first-order valence-electron chi connectivity index (χ1n) is 4.49. The molecule has 1 rings (SSSR count). The maximum atomic E-state index is 3.55. The van der Waals surface area contributed by atoms with Crippen LogP contribution in [0.1, 0.15) is 41.5 Å². The summed E-state index contributed by atoms with van der Waals surface area (Å²) in [6, 6.07) is 1.45. The van der Waals surface area contributed by atoms with Gasteiger partial charge in [0.15, 0.2) is 0 Å². The molecule has 0 amide bonds. The van der Waals surface area contributed by atoms with Crippen LogP contribution in [-0.2, 0) is 0 Å². The third-order valence-corrected chi connectivity index (χ3v) is 2.45. The van der Waals surface area contributed by atoms with E-state index in [4.69, 9.17) is 0 Å². The molecule has 0 aromatic heterocycles. The van der Waals surface area contributed by atoms with E-state index >= 15 is 0 Å². The fraction of sp³-hybridized carbons (Fsp3) is 1.00. The minimum Gasteiger partial charge on any atom is -0.307 e. The zero-order valence-electron chi connectivity index (χ0n) is 8.65. The quantitative estimate of drug-likeness (QED) is 0.533. The first-order valence-corrected chi connectivity index (χ1v) is 4.49. The van der Waals surface area contributed by atoms with Gasteiger partial charge in [-0.1, -0.05) is 41.5 Å². The van der Waals surface area contributed by atoms with Crippen molar-refractivity contribution >= 4 is 0 Å². The predicted molar refractivity (Wildman–Crippen MR) is 49.6 cm³/mol. The molecule has 11 heavy (non-hydrogen) atoms. The number of nitrogens with one attached hydrogen (secondary N) is 1. The molecule has 0 saturated carbocycles. The van der Waals surface area contributed by atoms with Crippen molar-refractivity contribution in [2.45, 2.75) is 53.6 Å². The van der Waals surface area contributed by atoms with Crippen LogP contribution in [0, 0.1) is 10.8 Å². The maximum Gasteiger partial charge on any atom is 0.0278 e. The fourth-order valence-corrected chi connectivity index (χ4v) is 1.64. The van der Waals surface area contributed by atoms with E-state index in [1.807, 2.05) is 0 Å². The number of hydrogen-bond donors (Lipinski definition) is 1. The molecule has 0 bridgehead atoms. The second kappa shape index (κ2) is 2.22. The van der Waals surface area contributed by atoms with Crippen molar-refractivity contribution in [2.24, 2.45) is 10.8 Å². The molecule has 0 aliphatic carbocycles. The van der Waals surface area contributed by atoms with Gasteiger partial charge >= 0.3 is 0 Å². The molecule has 2 atom stereocenters. The summed E-state index contributed by atoms with van der Waals surface area (Å²) in [5.74, 6) is 0. The van der Waals surface area contributed by atoms with E-state index in [2.05, 4.69) is 46.9 Å². The van der Waals surface area contributed by atoms with E-state index in [0.717, 1.165) is 12.1 Å². The van der Waals surface area contributed by atoms with E-state index in [9.17, 15) is 0 Å². The van der Waals surface area contributed by atoms with Crippen molar-refractivity contribution in [1.29, 1.82) is 0 Å². The van der Waals surface area contributed by atoms with Crippen molar-refractivity contribution in [3.8, 4) is 0 Å². The normalized spacial score (nSPS) is 32.2. The highest BCUT2D eigenvalue weighted by atomic mass is 15.2. The summed E-state index contributed by atoms with van der Waals surface area (Å²) in [6.07, 6.45) is 0. The molecule has 2 unspecified atom stereocenters. The van der Waals surface area contributed by atoms with Gasteiger partial charge in [-0.25, -0.2) is 0 Å². The smallest absolute Gasteiger partial charge is 0.0278 e. The lowest BCUT2D eigenvalue weighted by Crippen LogP contribution is -2.23. The molecule has 0 aromatic carbocycles. The van der Waals surface area contributed by atoms with Crippen LogP contribution in [0.25, 0.3) is 0 Å². The van der Waals surface area contributed by atoms with Crippen LogP contribution in [0.3, 0.4) is 0 Å². The van der Waals surface area contributed by atoms with Gasteiger partial charge in [-0.15, -0.1) is 0 Å². The Bertz CT molecular complexity index is 129. The number of rotatable bonds is 0. The van der Waals surface area contributed by atoms with Crippen LogP contribution in [-0.4, -0.2) is 12.1 Å². The molecule has 66 valence electrons. The monoisotopic (exact) mass is 155 g/mol. The molecule has 1 fully saturated rings. The van der Waals surface area contributed by atoms with Crippen LogP contribution in [0.2, 0.25) is 0 Å². The van der Waals surface area contributed by atoms with Gasteiger partial charge in [0.1, 0.15) is 0 Å². The Hall–Kier alpha value is -0.0400. The maximum absolute atomic E-state index is 3.55. The highest BCUT2D eigenvalue weighted by Gasteiger charge is 2.50. The summed E-state index contributed by atoms with van der Waals surface area (Å²) in [5.41, 5.74) is 0.857. The second-order valence-corrected chi connectivity index (χ2v) is 5.85. The van der Waals surface area contributed by atoms with E-state index in [-0.39, 0.29) is 0 Å². The van der Waals surface area contributed by atoms with Gasteiger partial charge in [-0.05, 0) is 10.8 Å². The van der Waals surface area contributed by atoms with E-state index in [0.29, 0.717) is 10.8 Å². The van der Waals surface area contributed by atoms with E-state index < -0.39 is 0 Å². The summed E-state index contributed by atoms with van der Waals surface area (Å²) in [7, 11) is 0. The minimum atomic E-state index is 0.429. The van der Waals surface area contributed by atoms with Gasteiger partial charge in [0.25, 0.3) is 0 Å². The van der Waals surface area contributed by atoms with Crippen LogP contribution in [0.5, 0.6) is 0 Å². The van der Waals surface area contributed by atoms with Crippen molar-refractivity contribution in [2.75, 3.05) is 0 Å². The van der Waals surface area contributed by atoms with Crippen LogP contribution >= 0.6 is 0 Å². The molecule has 1 aliphatic heterocycles. The van der Waals surface area contributed by atoms with Crippen LogP contribution in [0.15, 0.2) is 0 Å². The molecule has 0 spiro atoms. The van der Waals surface area contributed by atoms with Crippen molar-refractivity contribution in [3.63, 3.8) is 0 Å². The zero-order chi connectivity index (χ0) is 8.86. The Labute approximate surface area is 70.6 Å². The van der Waals surface area contributed by atoms with Gasteiger partial charge in [0.2, 0.25) is 0 Å². The summed E-state index contributed by atoms with van der Waals surface area (Å²) < 4.78 is 0. The SMILES string of the molecule is CC(C)(C)C1NC1C(C)(C)C. The highest BCUT2D eigenvalue weighted by Crippen LogP contribution is 2.40. The molecule has 1 heterocycles. The first-order chi connectivity index (χ1) is 4.73. The number of hydrogen-bond acceptors (Lipinski definition) is 1. The van der Waals surface area contributed by atoms with Crippen LogP contribution < -0.4 is 5.32 Å². The topological polar surface area (TPSA) is 21.9 Å². The summed E-state index contributed by atoms with van der Waals surface area (Å²) in [4.78, 5) is 0. The zero-order valence-corrected chi connectivity index (χ0v) is 8.65. The van der Waals surface area contributed by atoms with Crippen LogP contribution in [0.4, 0.5) is 0 Å². The van der Waals surface area contributed by atoms with Crippen molar-refractivity contribution in [1.82, 2.24) is 5.32 Å². The minimum absolute atomic E-state index is 0.429. The van der Waals surface area contributed by atoms with Gasteiger partial charge < -0.3 is 5.32 Å². The Morgan fingerprint density at radius 3 is 1.09 bits per heavy atom. The molecule has 0 aromatic rings. The largest absolute Gasteiger partial charge is 0.307 e. The van der Waals surface area contributed by atoms with Crippen molar-refractivity contribution in [3.05, 3.63) is 0 Å². The van der Waals surface area contributed by atoms with Crippen molar-refractivity contribution < 1.29 is 0 Å². The Kier molecular flexibility index (Phi) is 1.83. The highest BCUT2D eigenvalue weighted by molar-refractivity contribution is 5.09. The fourth-order valence-electron chi connectivity index (χ4n) is 1.64. The lowest BCUT2D eigenvalue weighted by Gasteiger charge is -2.21. The second-order valence-electron chi connectivity index (χ2n) is 5.85. The average molecular weight is 155 g/mol. The Morgan fingerprint density at radius 1 is 0.727 bits per heavy atom. The first kappa shape index (κ1) is 9.05. The molecular weight excluding hydrogens is 134 g/mol. The molecule has 1 heteroatoms. The Morgan fingerprint density at radius 2 is 1.00 bits per heavy atom. The lowest BCUT2D eigenvalue weighted by atomic mass is 9.81. The third kappa shape index (κ3) is 1.96. The average Bonchev–Trinajstić information content (AvgIpc) is 2.30. The summed E-state index contributed by atoms with van der Waals surface area (Å²) in [6.45, 7) is 13.8. The standard InChI is InChI=1S/C10H21N/c1-9(2,3)7-8(11-7)10(4,5)6/h7-8,11H,1-6H3. The molecule has 1 N–H and O–H groups in total. The molecule has 0 radical (unpaired) electrons. The lowest BCUT2D eigenvalue weighted by molar-refractivity contribution is 0.335. The van der Waals surface area contributed by atoms with Gasteiger partial charge in [-0.3, -0.25) is 0 Å². The molecular formula is C10H21N. The van der Waals surface area contributed by atoms with Gasteiger partial charge in [-0.2, -0.15) is 0 Å². The van der Waals surface area contributed by atoms with E-state index in [1.54, 1.807) is 0 Å². The summed E-state index contributed by atoms with van der Waals surface area (Å²) in [5, 5.41) is 3.55. The Balaban J connectivity index is 2.51. The predicted octanol–water partition coefficient (Wildman–Crippen LogP) is 2.42. The van der Waals surface area contributed by atoms with E-state index in [1.165, 1.54) is 0 Å². The summed E-state index contributed by atoms with van der Waals surface area (Å²) >= 11 is 0. The third-order valence-electron chi connectivity index (χ3n) is 2.45. The van der Waals surface area contributed by atoms with Gasteiger partial charge in [0, 0.05) is 12.1 Å². The molecule has 1 saturated heterocycles. The van der Waals surface area contributed by atoms with Gasteiger partial charge in [0.05, 0.1) is 0 Å².